The minimum atomic E-state index is -0.0862. The van der Waals surface area contributed by atoms with Gasteiger partial charge in [0.2, 0.25) is 0 Å². The fraction of sp³-hybridized carbons (Fsp3) is 0.600. The van der Waals surface area contributed by atoms with Crippen LogP contribution >= 0.6 is 0 Å². The average Bonchev–Trinajstić information content (AvgIpc) is 2.62. The molecule has 2 rings (SSSR count). The zero-order valence-electron chi connectivity index (χ0n) is 8.15. The van der Waals surface area contributed by atoms with E-state index >= 15 is 0 Å². The molecule has 1 aromatic heterocycles. The van der Waals surface area contributed by atoms with Crippen molar-refractivity contribution in [1.82, 2.24) is 9.78 Å². The maximum absolute atomic E-state index is 11.4. The molecule has 0 saturated heterocycles. The van der Waals surface area contributed by atoms with Gasteiger partial charge in [0, 0.05) is 12.6 Å². The molecular formula is C10H15N3O. The van der Waals surface area contributed by atoms with Crippen molar-refractivity contribution < 1.29 is 0 Å². The smallest absolute Gasteiger partial charge is 0.268 e. The molecule has 0 aromatic carbocycles. The molecule has 1 aromatic rings. The summed E-state index contributed by atoms with van der Waals surface area (Å²) in [6, 6.07) is 1.43. The van der Waals surface area contributed by atoms with Crippen molar-refractivity contribution in [2.75, 3.05) is 5.73 Å². The average molecular weight is 193 g/mol. The van der Waals surface area contributed by atoms with E-state index < -0.39 is 0 Å². The van der Waals surface area contributed by atoms with Gasteiger partial charge in [-0.1, -0.05) is 12.8 Å². The molecule has 1 heterocycles. The maximum atomic E-state index is 11.4. The molecule has 0 unspecified atom stereocenters. The zero-order chi connectivity index (χ0) is 9.97. The summed E-state index contributed by atoms with van der Waals surface area (Å²) in [5, 5.41) is 4.02. The Kier molecular flexibility index (Phi) is 2.52. The molecule has 0 aliphatic heterocycles. The van der Waals surface area contributed by atoms with E-state index in [1.165, 1.54) is 42.6 Å². The van der Waals surface area contributed by atoms with Crippen LogP contribution in [0.15, 0.2) is 17.1 Å². The Morgan fingerprint density at radius 3 is 2.86 bits per heavy atom. The van der Waals surface area contributed by atoms with Crippen molar-refractivity contribution in [1.29, 1.82) is 0 Å². The van der Waals surface area contributed by atoms with Gasteiger partial charge in [0.25, 0.3) is 5.56 Å². The SMILES string of the molecule is Nc1cnn(CC2CCCC2)c(=O)c1. The van der Waals surface area contributed by atoms with Crippen molar-refractivity contribution >= 4 is 5.69 Å². The highest BCUT2D eigenvalue weighted by atomic mass is 16.1. The first-order chi connectivity index (χ1) is 6.75. The Balaban J connectivity index is 2.12. The number of nitrogen functional groups attached to an aromatic ring is 1. The van der Waals surface area contributed by atoms with E-state index in [0.29, 0.717) is 11.6 Å². The monoisotopic (exact) mass is 193 g/mol. The second kappa shape index (κ2) is 3.82. The number of hydrogen-bond acceptors (Lipinski definition) is 3. The molecule has 4 nitrogen and oxygen atoms in total. The van der Waals surface area contributed by atoms with Gasteiger partial charge in [0.1, 0.15) is 0 Å². The van der Waals surface area contributed by atoms with Gasteiger partial charge in [0.15, 0.2) is 0 Å². The second-order valence-electron chi connectivity index (χ2n) is 3.96. The predicted octanol–water partition coefficient (Wildman–Crippen LogP) is 1.02. The lowest BCUT2D eigenvalue weighted by Crippen LogP contribution is -2.25. The quantitative estimate of drug-likeness (QED) is 0.762. The lowest BCUT2D eigenvalue weighted by Gasteiger charge is -2.09. The molecule has 1 fully saturated rings. The molecule has 0 bridgehead atoms. The Morgan fingerprint density at radius 1 is 1.50 bits per heavy atom. The predicted molar refractivity (Wildman–Crippen MR) is 54.9 cm³/mol. The van der Waals surface area contributed by atoms with Gasteiger partial charge >= 0.3 is 0 Å². The van der Waals surface area contributed by atoms with Gasteiger partial charge in [-0.25, -0.2) is 4.68 Å². The second-order valence-corrected chi connectivity index (χ2v) is 3.96. The molecule has 1 aliphatic rings. The van der Waals surface area contributed by atoms with E-state index in [1.807, 2.05) is 0 Å². The highest BCUT2D eigenvalue weighted by molar-refractivity contribution is 5.31. The molecule has 0 radical (unpaired) electrons. The van der Waals surface area contributed by atoms with Crippen LogP contribution in [0.3, 0.4) is 0 Å². The number of aromatic nitrogens is 2. The summed E-state index contributed by atoms with van der Waals surface area (Å²) < 4.78 is 1.52. The van der Waals surface area contributed by atoms with Crippen LogP contribution < -0.4 is 11.3 Å². The van der Waals surface area contributed by atoms with Crippen LogP contribution in [-0.2, 0) is 6.54 Å². The van der Waals surface area contributed by atoms with Gasteiger partial charge in [0.05, 0.1) is 11.9 Å². The fourth-order valence-corrected chi connectivity index (χ4v) is 2.02. The number of anilines is 1. The van der Waals surface area contributed by atoms with Gasteiger partial charge < -0.3 is 5.73 Å². The van der Waals surface area contributed by atoms with Crippen LogP contribution in [-0.4, -0.2) is 9.78 Å². The molecule has 0 spiro atoms. The van der Waals surface area contributed by atoms with Crippen molar-refractivity contribution in [3.05, 3.63) is 22.6 Å². The van der Waals surface area contributed by atoms with Gasteiger partial charge in [-0.05, 0) is 18.8 Å². The normalized spacial score (nSPS) is 17.4. The molecular weight excluding hydrogens is 178 g/mol. The van der Waals surface area contributed by atoms with Crippen molar-refractivity contribution in [3.8, 4) is 0 Å². The number of nitrogens with zero attached hydrogens (tertiary/aromatic N) is 2. The van der Waals surface area contributed by atoms with E-state index in [1.54, 1.807) is 0 Å². The maximum Gasteiger partial charge on any atom is 0.268 e. The van der Waals surface area contributed by atoms with Crippen LogP contribution in [0, 0.1) is 5.92 Å². The van der Waals surface area contributed by atoms with Crippen LogP contribution in [0.1, 0.15) is 25.7 Å². The van der Waals surface area contributed by atoms with Crippen LogP contribution in [0.25, 0.3) is 0 Å². The largest absolute Gasteiger partial charge is 0.397 e. The van der Waals surface area contributed by atoms with E-state index in [2.05, 4.69) is 5.10 Å². The third kappa shape index (κ3) is 1.95. The van der Waals surface area contributed by atoms with E-state index in [-0.39, 0.29) is 5.56 Å². The summed E-state index contributed by atoms with van der Waals surface area (Å²) in [6.07, 6.45) is 6.55. The third-order valence-corrected chi connectivity index (χ3v) is 2.80. The van der Waals surface area contributed by atoms with Crippen molar-refractivity contribution in [2.45, 2.75) is 32.2 Å². The van der Waals surface area contributed by atoms with E-state index in [4.69, 9.17) is 5.73 Å². The van der Waals surface area contributed by atoms with E-state index in [0.717, 1.165) is 6.54 Å². The molecule has 0 amide bonds. The molecule has 14 heavy (non-hydrogen) atoms. The standard InChI is InChI=1S/C10H15N3O/c11-9-5-10(14)13(12-6-9)7-8-3-1-2-4-8/h5-6,8H,1-4,7,11H2. The van der Waals surface area contributed by atoms with E-state index in [9.17, 15) is 4.79 Å². The molecule has 76 valence electrons. The zero-order valence-corrected chi connectivity index (χ0v) is 8.15. The first-order valence-corrected chi connectivity index (χ1v) is 5.08. The lowest BCUT2D eigenvalue weighted by atomic mass is 10.1. The van der Waals surface area contributed by atoms with Gasteiger partial charge in [-0.15, -0.1) is 0 Å². The third-order valence-electron chi connectivity index (χ3n) is 2.80. The molecule has 2 N–H and O–H groups in total. The molecule has 1 saturated carbocycles. The van der Waals surface area contributed by atoms with Crippen LogP contribution in [0.2, 0.25) is 0 Å². The Labute approximate surface area is 82.7 Å². The summed E-state index contributed by atoms with van der Waals surface area (Å²) in [6.45, 7) is 0.749. The fourth-order valence-electron chi connectivity index (χ4n) is 2.02. The highest BCUT2D eigenvalue weighted by Crippen LogP contribution is 2.25. The van der Waals surface area contributed by atoms with Gasteiger partial charge in [-0.3, -0.25) is 4.79 Å². The highest BCUT2D eigenvalue weighted by Gasteiger charge is 2.16. The lowest BCUT2D eigenvalue weighted by molar-refractivity contribution is 0.415. The number of rotatable bonds is 2. The summed E-state index contributed by atoms with van der Waals surface area (Å²) in [5.74, 6) is 0.629. The Morgan fingerprint density at radius 2 is 2.21 bits per heavy atom. The summed E-state index contributed by atoms with van der Waals surface area (Å²) >= 11 is 0. The van der Waals surface area contributed by atoms with Crippen molar-refractivity contribution in [3.63, 3.8) is 0 Å². The van der Waals surface area contributed by atoms with Gasteiger partial charge in [-0.2, -0.15) is 5.10 Å². The molecule has 1 aliphatic carbocycles. The molecule has 0 atom stereocenters. The first-order valence-electron chi connectivity index (χ1n) is 5.08. The minimum absolute atomic E-state index is 0.0862. The van der Waals surface area contributed by atoms with Crippen LogP contribution in [0.5, 0.6) is 0 Å². The molecule has 4 heteroatoms. The number of nitrogens with two attached hydrogens (primary N) is 1. The first kappa shape index (κ1) is 9.24. The summed E-state index contributed by atoms with van der Waals surface area (Å²) in [7, 11) is 0. The van der Waals surface area contributed by atoms with Crippen LogP contribution in [0.4, 0.5) is 5.69 Å². The minimum Gasteiger partial charge on any atom is -0.397 e. The Bertz CT molecular complexity index is 366. The Hall–Kier alpha value is -1.32. The van der Waals surface area contributed by atoms with Crippen molar-refractivity contribution in [2.24, 2.45) is 5.92 Å². The number of hydrogen-bond donors (Lipinski definition) is 1. The topological polar surface area (TPSA) is 60.9 Å². The summed E-state index contributed by atoms with van der Waals surface area (Å²) in [5.41, 5.74) is 5.82. The summed E-state index contributed by atoms with van der Waals surface area (Å²) in [4.78, 5) is 11.4.